The molecule has 0 saturated heterocycles. The minimum absolute atomic E-state index is 0.0297. The van der Waals surface area contributed by atoms with Gasteiger partial charge in [-0.05, 0) is 47.4 Å². The van der Waals surface area contributed by atoms with Gasteiger partial charge in [0.15, 0.2) is 17.3 Å². The van der Waals surface area contributed by atoms with Crippen molar-refractivity contribution in [3.63, 3.8) is 0 Å². The van der Waals surface area contributed by atoms with Crippen LogP contribution in [0.4, 0.5) is 0 Å². The number of ketones is 1. The first-order valence-electron chi connectivity index (χ1n) is 10.8. The average Bonchev–Trinajstić information content (AvgIpc) is 2.83. The number of fused-ring (bicyclic) bond motifs is 1. The number of rotatable bonds is 6. The fourth-order valence-corrected chi connectivity index (χ4v) is 4.56. The van der Waals surface area contributed by atoms with Gasteiger partial charge in [0, 0.05) is 17.5 Å². The van der Waals surface area contributed by atoms with E-state index >= 15 is 0 Å². The lowest BCUT2D eigenvalue weighted by atomic mass is 9.72. The summed E-state index contributed by atoms with van der Waals surface area (Å²) in [5, 5.41) is 12.7. The van der Waals surface area contributed by atoms with Crippen molar-refractivity contribution in [1.29, 1.82) is 0 Å². The van der Waals surface area contributed by atoms with Crippen molar-refractivity contribution < 1.29 is 28.9 Å². The SMILES string of the molecule is CCOC(=O)C1C(=O)C=C(c2cc(OC)c(OC)cc2O)CC1c1cccc2ccccc12. The molecule has 2 unspecified atom stereocenters. The second-order valence-electron chi connectivity index (χ2n) is 7.90. The zero-order valence-corrected chi connectivity index (χ0v) is 18.8. The van der Waals surface area contributed by atoms with E-state index in [1.807, 2.05) is 42.5 Å². The fraction of sp³-hybridized carbons (Fsp3) is 0.259. The van der Waals surface area contributed by atoms with Gasteiger partial charge in [0.1, 0.15) is 11.7 Å². The Labute approximate surface area is 192 Å². The molecule has 3 aromatic carbocycles. The Bertz CT molecular complexity index is 1240. The summed E-state index contributed by atoms with van der Waals surface area (Å²) in [4.78, 5) is 26.2. The van der Waals surface area contributed by atoms with Crippen molar-refractivity contribution >= 4 is 28.1 Å². The van der Waals surface area contributed by atoms with Crippen LogP contribution in [0.25, 0.3) is 16.3 Å². The number of carbonyl (C=O) groups is 2. The highest BCUT2D eigenvalue weighted by Gasteiger charge is 2.40. The van der Waals surface area contributed by atoms with Gasteiger partial charge < -0.3 is 19.3 Å². The van der Waals surface area contributed by atoms with Crippen LogP contribution in [0.2, 0.25) is 0 Å². The largest absolute Gasteiger partial charge is 0.507 e. The lowest BCUT2D eigenvalue weighted by Gasteiger charge is -2.30. The second kappa shape index (κ2) is 9.36. The quantitative estimate of drug-likeness (QED) is 0.429. The number of phenols is 1. The van der Waals surface area contributed by atoms with Crippen LogP contribution < -0.4 is 9.47 Å². The van der Waals surface area contributed by atoms with E-state index in [9.17, 15) is 14.7 Å². The molecule has 0 fully saturated rings. The van der Waals surface area contributed by atoms with E-state index in [0.29, 0.717) is 29.1 Å². The predicted molar refractivity (Wildman–Crippen MR) is 126 cm³/mol. The van der Waals surface area contributed by atoms with Gasteiger partial charge in [-0.15, -0.1) is 0 Å². The van der Waals surface area contributed by atoms with Crippen LogP contribution in [-0.4, -0.2) is 37.7 Å². The van der Waals surface area contributed by atoms with Gasteiger partial charge in [0.05, 0.1) is 20.8 Å². The molecule has 1 N–H and O–H groups in total. The number of allylic oxidation sites excluding steroid dienone is 2. The summed E-state index contributed by atoms with van der Waals surface area (Å²) < 4.78 is 15.9. The highest BCUT2D eigenvalue weighted by Crippen LogP contribution is 2.46. The van der Waals surface area contributed by atoms with Crippen LogP contribution in [-0.2, 0) is 14.3 Å². The molecule has 0 amide bonds. The summed E-state index contributed by atoms with van der Waals surface area (Å²) in [6.07, 6.45) is 1.80. The Morgan fingerprint density at radius 1 is 1.03 bits per heavy atom. The topological polar surface area (TPSA) is 82.1 Å². The maximum absolute atomic E-state index is 13.3. The first-order valence-corrected chi connectivity index (χ1v) is 10.8. The van der Waals surface area contributed by atoms with Crippen molar-refractivity contribution in [1.82, 2.24) is 0 Å². The van der Waals surface area contributed by atoms with Crippen LogP contribution in [0.5, 0.6) is 17.2 Å². The smallest absolute Gasteiger partial charge is 0.317 e. The van der Waals surface area contributed by atoms with E-state index < -0.39 is 17.8 Å². The molecule has 1 aliphatic rings. The predicted octanol–water partition coefficient (Wildman–Crippen LogP) is 4.88. The van der Waals surface area contributed by atoms with Crippen LogP contribution >= 0.6 is 0 Å². The number of carbonyl (C=O) groups excluding carboxylic acids is 2. The number of aromatic hydroxyl groups is 1. The number of methoxy groups -OCH3 is 2. The van der Waals surface area contributed by atoms with Gasteiger partial charge in [-0.2, -0.15) is 0 Å². The van der Waals surface area contributed by atoms with Crippen molar-refractivity contribution in [3.05, 3.63) is 71.8 Å². The minimum atomic E-state index is -0.957. The number of esters is 1. The Morgan fingerprint density at radius 3 is 2.45 bits per heavy atom. The number of benzene rings is 3. The summed E-state index contributed by atoms with van der Waals surface area (Å²) in [7, 11) is 3.00. The van der Waals surface area contributed by atoms with E-state index in [-0.39, 0.29) is 18.1 Å². The molecule has 170 valence electrons. The monoisotopic (exact) mass is 446 g/mol. The van der Waals surface area contributed by atoms with Gasteiger partial charge in [-0.3, -0.25) is 9.59 Å². The maximum Gasteiger partial charge on any atom is 0.317 e. The molecule has 33 heavy (non-hydrogen) atoms. The normalized spacial score (nSPS) is 18.0. The molecular weight excluding hydrogens is 420 g/mol. The summed E-state index contributed by atoms with van der Waals surface area (Å²) in [5.41, 5.74) is 1.98. The van der Waals surface area contributed by atoms with Crippen LogP contribution in [0.1, 0.15) is 30.4 Å². The Kier molecular flexibility index (Phi) is 6.36. The lowest BCUT2D eigenvalue weighted by Crippen LogP contribution is -2.34. The molecule has 0 heterocycles. The molecule has 0 bridgehead atoms. The first-order chi connectivity index (χ1) is 16.0. The molecule has 6 nitrogen and oxygen atoms in total. The summed E-state index contributed by atoms with van der Waals surface area (Å²) in [6, 6.07) is 16.9. The number of hydrogen-bond acceptors (Lipinski definition) is 6. The van der Waals surface area contributed by atoms with Crippen LogP contribution in [0.3, 0.4) is 0 Å². The molecule has 0 saturated carbocycles. The zero-order valence-electron chi connectivity index (χ0n) is 18.8. The molecule has 0 aliphatic heterocycles. The third kappa shape index (κ3) is 4.16. The van der Waals surface area contributed by atoms with E-state index in [0.717, 1.165) is 16.3 Å². The van der Waals surface area contributed by atoms with Gasteiger partial charge in [-0.1, -0.05) is 42.5 Å². The molecule has 4 rings (SSSR count). The molecular formula is C27H26O6. The first kappa shape index (κ1) is 22.4. The average molecular weight is 446 g/mol. The van der Waals surface area contributed by atoms with Gasteiger partial charge >= 0.3 is 5.97 Å². The highest BCUT2D eigenvalue weighted by molar-refractivity contribution is 6.11. The molecule has 1 aliphatic carbocycles. The molecule has 2 atom stereocenters. The Balaban J connectivity index is 1.86. The summed E-state index contributed by atoms with van der Waals surface area (Å²) >= 11 is 0. The molecule has 0 spiro atoms. The van der Waals surface area contributed by atoms with Gasteiger partial charge in [0.2, 0.25) is 0 Å². The third-order valence-corrected chi connectivity index (χ3v) is 6.08. The van der Waals surface area contributed by atoms with Crippen molar-refractivity contribution in [3.8, 4) is 17.2 Å². The molecule has 0 radical (unpaired) electrons. The van der Waals surface area contributed by atoms with Crippen molar-refractivity contribution in [2.75, 3.05) is 20.8 Å². The van der Waals surface area contributed by atoms with Gasteiger partial charge in [0.25, 0.3) is 0 Å². The zero-order chi connectivity index (χ0) is 23.5. The minimum Gasteiger partial charge on any atom is -0.507 e. The maximum atomic E-state index is 13.3. The summed E-state index contributed by atoms with van der Waals surface area (Å²) in [5.74, 6) is -1.49. The number of phenolic OH excluding ortho intramolecular Hbond substituents is 1. The molecule has 0 aromatic heterocycles. The third-order valence-electron chi connectivity index (χ3n) is 6.08. The van der Waals surface area contributed by atoms with E-state index in [4.69, 9.17) is 14.2 Å². The second-order valence-corrected chi connectivity index (χ2v) is 7.90. The van der Waals surface area contributed by atoms with Gasteiger partial charge in [-0.25, -0.2) is 0 Å². The van der Waals surface area contributed by atoms with Crippen molar-refractivity contribution in [2.45, 2.75) is 19.3 Å². The summed E-state index contributed by atoms with van der Waals surface area (Å²) in [6.45, 7) is 1.92. The molecule has 3 aromatic rings. The number of ether oxygens (including phenoxy) is 3. The van der Waals surface area contributed by atoms with Crippen LogP contribution in [0, 0.1) is 5.92 Å². The number of hydrogen-bond donors (Lipinski definition) is 1. The van der Waals surface area contributed by atoms with Crippen molar-refractivity contribution in [2.24, 2.45) is 5.92 Å². The lowest BCUT2D eigenvalue weighted by molar-refractivity contribution is -0.151. The van der Waals surface area contributed by atoms with E-state index in [2.05, 4.69) is 0 Å². The molecule has 6 heteroatoms. The van der Waals surface area contributed by atoms with E-state index in [1.165, 1.54) is 26.4 Å². The Hall–Kier alpha value is -3.80. The van der Waals surface area contributed by atoms with E-state index in [1.54, 1.807) is 13.0 Å². The van der Waals surface area contributed by atoms with Crippen LogP contribution in [0.15, 0.2) is 60.7 Å². The Morgan fingerprint density at radius 2 is 1.73 bits per heavy atom. The fourth-order valence-electron chi connectivity index (χ4n) is 4.56. The standard InChI is InChI=1S/C27H26O6/c1-4-33-27(30)26-21(19-11-7-9-16-8-5-6-10-18(16)19)12-17(13-23(26)29)20-14-24(31-2)25(32-3)15-22(20)28/h5-11,13-15,21,26,28H,4,12H2,1-3H3. The highest BCUT2D eigenvalue weighted by atomic mass is 16.5.